The smallest absolute Gasteiger partial charge is 0.450 e. The number of hydrogen-bond acceptors (Lipinski definition) is 5. The van der Waals surface area contributed by atoms with Crippen LogP contribution in [0.3, 0.4) is 0 Å². The molecule has 8 heteroatoms. The lowest BCUT2D eigenvalue weighted by Gasteiger charge is -2.12. The van der Waals surface area contributed by atoms with E-state index in [0.717, 1.165) is 17.4 Å². The molecule has 0 amide bonds. The Morgan fingerprint density at radius 3 is 2.64 bits per heavy atom. The van der Waals surface area contributed by atoms with Gasteiger partial charge in [0.05, 0.1) is 15.6 Å². The predicted molar refractivity (Wildman–Crippen MR) is 102 cm³/mol. The fourth-order valence-electron chi connectivity index (χ4n) is 3.12. The number of phenolic OH excluding ortho intramolecular Hbond substituents is 1. The van der Waals surface area contributed by atoms with E-state index in [1.807, 2.05) is 6.92 Å². The van der Waals surface area contributed by atoms with Crippen molar-refractivity contribution >= 4 is 32.5 Å². The average molecular weight is 405 g/mol. The van der Waals surface area contributed by atoms with Crippen LogP contribution in [0.5, 0.6) is 5.75 Å². The van der Waals surface area contributed by atoms with E-state index in [2.05, 4.69) is 4.98 Å². The largest absolute Gasteiger partial charge is 0.508 e. The summed E-state index contributed by atoms with van der Waals surface area (Å²) >= 11 is 1.00. The lowest BCUT2D eigenvalue weighted by Crippen LogP contribution is -2.16. The quantitative estimate of drug-likeness (QED) is 0.472. The van der Waals surface area contributed by atoms with Crippen molar-refractivity contribution in [1.29, 1.82) is 0 Å². The van der Waals surface area contributed by atoms with Crippen LogP contribution in [0.4, 0.5) is 13.2 Å². The molecule has 2 heterocycles. The molecule has 0 saturated heterocycles. The van der Waals surface area contributed by atoms with E-state index >= 15 is 0 Å². The van der Waals surface area contributed by atoms with Gasteiger partial charge in [0.1, 0.15) is 21.9 Å². The molecule has 0 unspecified atom stereocenters. The number of thiazole rings is 1. The van der Waals surface area contributed by atoms with Gasteiger partial charge in [0.15, 0.2) is 0 Å². The van der Waals surface area contributed by atoms with Gasteiger partial charge in [0, 0.05) is 6.07 Å². The Bertz CT molecular complexity index is 1220. The van der Waals surface area contributed by atoms with E-state index in [1.165, 1.54) is 6.07 Å². The predicted octanol–water partition coefficient (Wildman–Crippen LogP) is 5.75. The Balaban J connectivity index is 2.08. The number of fused-ring (bicyclic) bond motifs is 2. The minimum atomic E-state index is -4.89. The molecule has 0 aliphatic carbocycles. The van der Waals surface area contributed by atoms with Crippen LogP contribution in [0.15, 0.2) is 45.6 Å². The summed E-state index contributed by atoms with van der Waals surface area (Å²) < 4.78 is 46.8. The third-order valence-corrected chi connectivity index (χ3v) is 5.43. The third-order valence-electron chi connectivity index (χ3n) is 4.38. The highest BCUT2D eigenvalue weighted by Gasteiger charge is 2.40. The zero-order valence-corrected chi connectivity index (χ0v) is 15.4. The molecule has 0 saturated carbocycles. The van der Waals surface area contributed by atoms with Gasteiger partial charge in [-0.05, 0) is 30.2 Å². The summed E-state index contributed by atoms with van der Waals surface area (Å²) in [7, 11) is 0. The number of phenols is 1. The lowest BCUT2D eigenvalue weighted by molar-refractivity contribution is -0.152. The Morgan fingerprint density at radius 1 is 1.21 bits per heavy atom. The van der Waals surface area contributed by atoms with Crippen LogP contribution < -0.4 is 5.43 Å². The van der Waals surface area contributed by atoms with E-state index < -0.39 is 22.9 Å². The van der Waals surface area contributed by atoms with Gasteiger partial charge in [-0.15, -0.1) is 11.3 Å². The second-order valence-electron chi connectivity index (χ2n) is 6.35. The number of para-hydroxylation sites is 1. The monoisotopic (exact) mass is 405 g/mol. The minimum Gasteiger partial charge on any atom is -0.508 e. The molecule has 28 heavy (non-hydrogen) atoms. The normalized spacial score (nSPS) is 12.1. The molecule has 2 aromatic carbocycles. The molecule has 144 valence electrons. The molecular formula is C20H14F3NO3S. The van der Waals surface area contributed by atoms with Crippen molar-refractivity contribution in [2.24, 2.45) is 0 Å². The number of aromatic nitrogens is 1. The van der Waals surface area contributed by atoms with Crippen molar-refractivity contribution < 1.29 is 22.7 Å². The summed E-state index contributed by atoms with van der Waals surface area (Å²) in [5.41, 5.74) is -0.733. The molecule has 4 rings (SSSR count). The summed E-state index contributed by atoms with van der Waals surface area (Å²) in [5, 5.41) is 9.99. The summed E-state index contributed by atoms with van der Waals surface area (Å²) in [6.45, 7) is 1.89. The van der Waals surface area contributed by atoms with Gasteiger partial charge < -0.3 is 9.52 Å². The van der Waals surface area contributed by atoms with Crippen LogP contribution in [-0.4, -0.2) is 10.1 Å². The molecule has 4 aromatic rings. The second-order valence-corrected chi connectivity index (χ2v) is 7.38. The van der Waals surface area contributed by atoms with E-state index in [4.69, 9.17) is 4.42 Å². The van der Waals surface area contributed by atoms with Crippen molar-refractivity contribution in [2.45, 2.75) is 25.9 Å². The lowest BCUT2D eigenvalue weighted by atomic mass is 10.0. The first-order valence-electron chi connectivity index (χ1n) is 8.55. The number of rotatable bonds is 3. The molecule has 0 atom stereocenters. The number of hydrogen-bond donors (Lipinski definition) is 1. The highest BCUT2D eigenvalue weighted by Crippen LogP contribution is 2.40. The number of aromatic hydroxyl groups is 1. The van der Waals surface area contributed by atoms with Crippen LogP contribution in [0.2, 0.25) is 0 Å². The Morgan fingerprint density at radius 2 is 1.96 bits per heavy atom. The van der Waals surface area contributed by atoms with Crippen LogP contribution in [-0.2, 0) is 12.6 Å². The SMILES string of the molecule is CCCc1cc2c(=O)c(-c3nc4ccccc4s3)c(C(F)(F)F)oc2cc1O. The maximum absolute atomic E-state index is 13.7. The maximum Gasteiger partial charge on any atom is 0.450 e. The molecule has 4 nitrogen and oxygen atoms in total. The van der Waals surface area contributed by atoms with E-state index in [-0.39, 0.29) is 21.7 Å². The Kier molecular flexibility index (Phi) is 4.38. The van der Waals surface area contributed by atoms with Crippen molar-refractivity contribution in [3.05, 3.63) is 57.9 Å². The second kappa shape index (κ2) is 6.63. The van der Waals surface area contributed by atoms with Gasteiger partial charge in [0.2, 0.25) is 11.2 Å². The zero-order chi connectivity index (χ0) is 20.1. The number of nitrogens with zero attached hydrogens (tertiary/aromatic N) is 1. The third kappa shape index (κ3) is 3.03. The number of aryl methyl sites for hydroxylation is 1. The molecule has 0 aliphatic heterocycles. The fraction of sp³-hybridized carbons (Fsp3) is 0.200. The molecule has 1 N–H and O–H groups in total. The topological polar surface area (TPSA) is 63.3 Å². The van der Waals surface area contributed by atoms with Crippen LogP contribution in [0.25, 0.3) is 31.8 Å². The zero-order valence-electron chi connectivity index (χ0n) is 14.6. The first kappa shape index (κ1) is 18.5. The number of halogens is 3. The van der Waals surface area contributed by atoms with Crippen molar-refractivity contribution in [2.75, 3.05) is 0 Å². The summed E-state index contributed by atoms with van der Waals surface area (Å²) in [6.07, 6.45) is -3.70. The Labute approximate surface area is 160 Å². The van der Waals surface area contributed by atoms with Gasteiger partial charge in [-0.25, -0.2) is 4.98 Å². The van der Waals surface area contributed by atoms with E-state index in [9.17, 15) is 23.1 Å². The standard InChI is InChI=1S/C20H14F3NO3S/c1-2-5-10-8-11-14(9-13(10)25)27-18(20(21,22)23)16(17(11)26)19-24-12-6-3-4-7-15(12)28-19/h3-4,6-9,25H,2,5H2,1H3. The molecular weight excluding hydrogens is 391 g/mol. The van der Waals surface area contributed by atoms with Gasteiger partial charge in [-0.2, -0.15) is 13.2 Å². The summed E-state index contributed by atoms with van der Waals surface area (Å²) in [4.78, 5) is 17.3. The number of alkyl halides is 3. The molecule has 0 bridgehead atoms. The van der Waals surface area contributed by atoms with Gasteiger partial charge in [-0.3, -0.25) is 4.79 Å². The first-order valence-corrected chi connectivity index (χ1v) is 9.37. The van der Waals surface area contributed by atoms with E-state index in [1.54, 1.807) is 24.3 Å². The van der Waals surface area contributed by atoms with E-state index in [0.29, 0.717) is 28.6 Å². The average Bonchev–Trinajstić information content (AvgIpc) is 3.05. The maximum atomic E-state index is 13.7. The summed E-state index contributed by atoms with van der Waals surface area (Å²) in [5.74, 6) is -1.61. The van der Waals surface area contributed by atoms with Crippen LogP contribution >= 0.6 is 11.3 Å². The van der Waals surface area contributed by atoms with Crippen molar-refractivity contribution in [1.82, 2.24) is 4.98 Å². The van der Waals surface area contributed by atoms with Crippen LogP contribution in [0.1, 0.15) is 24.7 Å². The number of benzene rings is 2. The van der Waals surface area contributed by atoms with Gasteiger partial charge in [-0.1, -0.05) is 25.5 Å². The molecule has 0 aliphatic rings. The highest BCUT2D eigenvalue weighted by molar-refractivity contribution is 7.21. The van der Waals surface area contributed by atoms with Crippen LogP contribution in [0, 0.1) is 0 Å². The minimum absolute atomic E-state index is 0.0106. The fourth-order valence-corrected chi connectivity index (χ4v) is 4.12. The van der Waals surface area contributed by atoms with Crippen molar-refractivity contribution in [3.8, 4) is 16.3 Å². The summed E-state index contributed by atoms with van der Waals surface area (Å²) in [6, 6.07) is 9.33. The molecule has 0 radical (unpaired) electrons. The van der Waals surface area contributed by atoms with Gasteiger partial charge in [0.25, 0.3) is 0 Å². The van der Waals surface area contributed by atoms with Crippen molar-refractivity contribution in [3.63, 3.8) is 0 Å². The molecule has 0 spiro atoms. The highest BCUT2D eigenvalue weighted by atomic mass is 32.1. The van der Waals surface area contributed by atoms with Gasteiger partial charge >= 0.3 is 6.18 Å². The first-order chi connectivity index (χ1) is 13.3. The Hall–Kier alpha value is -2.87. The molecule has 0 fully saturated rings. The molecule has 2 aromatic heterocycles.